The number of nitrogens with zero attached hydrogens (tertiary/aromatic N) is 1. The monoisotopic (exact) mass is 286 g/mol. The maximum absolute atomic E-state index is 6.15. The van der Waals surface area contributed by atoms with Crippen molar-refractivity contribution in [3.05, 3.63) is 0 Å². The molecular formula is C16H34N2O2. The summed E-state index contributed by atoms with van der Waals surface area (Å²) in [5.41, 5.74) is 6.41. The summed E-state index contributed by atoms with van der Waals surface area (Å²) in [5.74, 6) is 0. The molecule has 0 spiro atoms. The topological polar surface area (TPSA) is 47.7 Å². The standard InChI is InChI=1S/C16H34N2O2/c1-3-10-18(11-7-12-20-14-13-19-2)16(15-17)8-5-4-6-9-16/h3-15,17H2,1-2H3. The third-order valence-electron chi connectivity index (χ3n) is 4.48. The molecule has 0 aromatic rings. The molecule has 0 aromatic carbocycles. The molecule has 0 amide bonds. The molecule has 0 aliphatic heterocycles. The van der Waals surface area contributed by atoms with E-state index in [2.05, 4.69) is 11.8 Å². The molecule has 0 unspecified atom stereocenters. The second-order valence-corrected chi connectivity index (χ2v) is 5.93. The predicted octanol–water partition coefficient (Wildman–Crippen LogP) is 2.41. The van der Waals surface area contributed by atoms with Gasteiger partial charge in [0.25, 0.3) is 0 Å². The minimum atomic E-state index is 0.265. The van der Waals surface area contributed by atoms with E-state index in [4.69, 9.17) is 15.2 Å². The summed E-state index contributed by atoms with van der Waals surface area (Å²) < 4.78 is 10.6. The highest BCUT2D eigenvalue weighted by molar-refractivity contribution is 4.94. The molecule has 0 radical (unpaired) electrons. The van der Waals surface area contributed by atoms with E-state index in [1.807, 2.05) is 0 Å². The van der Waals surface area contributed by atoms with Crippen LogP contribution in [0.2, 0.25) is 0 Å². The Bertz CT molecular complexity index is 231. The highest BCUT2D eigenvalue weighted by Crippen LogP contribution is 2.33. The van der Waals surface area contributed by atoms with Gasteiger partial charge >= 0.3 is 0 Å². The van der Waals surface area contributed by atoms with Crippen molar-refractivity contribution in [3.63, 3.8) is 0 Å². The molecule has 0 heterocycles. The van der Waals surface area contributed by atoms with Gasteiger partial charge in [0.2, 0.25) is 0 Å². The summed E-state index contributed by atoms with van der Waals surface area (Å²) in [6.45, 7) is 7.54. The van der Waals surface area contributed by atoms with Crippen molar-refractivity contribution in [3.8, 4) is 0 Å². The van der Waals surface area contributed by atoms with Crippen molar-refractivity contribution >= 4 is 0 Å². The number of methoxy groups -OCH3 is 1. The Hall–Kier alpha value is -0.160. The van der Waals surface area contributed by atoms with Crippen LogP contribution in [0.15, 0.2) is 0 Å². The van der Waals surface area contributed by atoms with E-state index >= 15 is 0 Å². The van der Waals surface area contributed by atoms with Gasteiger partial charge in [-0.2, -0.15) is 0 Å². The minimum absolute atomic E-state index is 0.265. The quantitative estimate of drug-likeness (QED) is 0.593. The van der Waals surface area contributed by atoms with E-state index in [1.54, 1.807) is 7.11 Å². The van der Waals surface area contributed by atoms with Crippen LogP contribution in [0.5, 0.6) is 0 Å². The fourth-order valence-electron chi connectivity index (χ4n) is 3.32. The molecule has 120 valence electrons. The van der Waals surface area contributed by atoms with Gasteiger partial charge < -0.3 is 15.2 Å². The van der Waals surface area contributed by atoms with Crippen LogP contribution in [0.3, 0.4) is 0 Å². The Morgan fingerprint density at radius 2 is 1.80 bits per heavy atom. The summed E-state index contributed by atoms with van der Waals surface area (Å²) >= 11 is 0. The van der Waals surface area contributed by atoms with Crippen molar-refractivity contribution < 1.29 is 9.47 Å². The van der Waals surface area contributed by atoms with Gasteiger partial charge in [-0.3, -0.25) is 4.90 Å². The molecule has 1 rings (SSSR count). The van der Waals surface area contributed by atoms with Crippen molar-refractivity contribution in [2.45, 2.75) is 57.4 Å². The lowest BCUT2D eigenvalue weighted by atomic mass is 9.80. The molecular weight excluding hydrogens is 252 g/mol. The van der Waals surface area contributed by atoms with Crippen LogP contribution in [0.25, 0.3) is 0 Å². The molecule has 1 aliphatic rings. The molecule has 20 heavy (non-hydrogen) atoms. The van der Waals surface area contributed by atoms with Gasteiger partial charge in [-0.25, -0.2) is 0 Å². The van der Waals surface area contributed by atoms with Gasteiger partial charge in [0.1, 0.15) is 0 Å². The summed E-state index contributed by atoms with van der Waals surface area (Å²) in [6, 6.07) is 0. The van der Waals surface area contributed by atoms with Gasteiger partial charge in [0.05, 0.1) is 13.2 Å². The number of hydrogen-bond donors (Lipinski definition) is 1. The Labute approximate surface area is 125 Å². The lowest BCUT2D eigenvalue weighted by Crippen LogP contribution is -2.55. The molecule has 1 saturated carbocycles. The molecule has 4 heteroatoms. The van der Waals surface area contributed by atoms with Gasteiger partial charge in [-0.15, -0.1) is 0 Å². The van der Waals surface area contributed by atoms with E-state index in [1.165, 1.54) is 38.5 Å². The van der Waals surface area contributed by atoms with E-state index < -0.39 is 0 Å². The third kappa shape index (κ3) is 5.68. The summed E-state index contributed by atoms with van der Waals surface area (Å²) in [7, 11) is 1.71. The second kappa shape index (κ2) is 10.6. The average Bonchev–Trinajstić information content (AvgIpc) is 2.50. The average molecular weight is 286 g/mol. The molecule has 2 N–H and O–H groups in total. The lowest BCUT2D eigenvalue weighted by Gasteiger charge is -2.46. The molecule has 4 nitrogen and oxygen atoms in total. The molecule has 0 aromatic heterocycles. The summed E-state index contributed by atoms with van der Waals surface area (Å²) in [4.78, 5) is 2.64. The Morgan fingerprint density at radius 1 is 1.05 bits per heavy atom. The Balaban J connectivity index is 2.37. The zero-order valence-electron chi connectivity index (χ0n) is 13.5. The first kappa shape index (κ1) is 17.9. The first-order valence-corrected chi connectivity index (χ1v) is 8.31. The number of hydrogen-bond acceptors (Lipinski definition) is 4. The first-order valence-electron chi connectivity index (χ1n) is 8.31. The van der Waals surface area contributed by atoms with E-state index in [9.17, 15) is 0 Å². The van der Waals surface area contributed by atoms with Crippen LogP contribution in [0.1, 0.15) is 51.9 Å². The van der Waals surface area contributed by atoms with E-state index in [0.717, 1.165) is 32.7 Å². The molecule has 0 saturated heterocycles. The largest absolute Gasteiger partial charge is 0.382 e. The van der Waals surface area contributed by atoms with Crippen molar-refractivity contribution in [2.24, 2.45) is 5.73 Å². The predicted molar refractivity (Wildman–Crippen MR) is 84.0 cm³/mol. The van der Waals surface area contributed by atoms with Crippen LogP contribution in [-0.2, 0) is 9.47 Å². The zero-order valence-corrected chi connectivity index (χ0v) is 13.5. The highest BCUT2D eigenvalue weighted by atomic mass is 16.5. The molecule has 1 fully saturated rings. The first-order chi connectivity index (χ1) is 9.79. The van der Waals surface area contributed by atoms with Crippen LogP contribution < -0.4 is 5.73 Å². The zero-order chi connectivity index (χ0) is 14.7. The highest BCUT2D eigenvalue weighted by Gasteiger charge is 2.35. The van der Waals surface area contributed by atoms with Crippen molar-refractivity contribution in [1.82, 2.24) is 4.90 Å². The SMILES string of the molecule is CCCN(CCCOCCOC)C1(CN)CCCCC1. The van der Waals surface area contributed by atoms with Crippen LogP contribution in [0.4, 0.5) is 0 Å². The fraction of sp³-hybridized carbons (Fsp3) is 1.00. The summed E-state index contributed by atoms with van der Waals surface area (Å²) in [6.07, 6.45) is 8.88. The van der Waals surface area contributed by atoms with Gasteiger partial charge in [-0.05, 0) is 32.2 Å². The van der Waals surface area contributed by atoms with Gasteiger partial charge in [0, 0.05) is 32.3 Å². The fourth-order valence-corrected chi connectivity index (χ4v) is 3.32. The van der Waals surface area contributed by atoms with Crippen LogP contribution in [0, 0.1) is 0 Å². The Morgan fingerprint density at radius 3 is 2.40 bits per heavy atom. The van der Waals surface area contributed by atoms with Crippen molar-refractivity contribution in [1.29, 1.82) is 0 Å². The Kier molecular flexibility index (Phi) is 9.44. The van der Waals surface area contributed by atoms with E-state index in [-0.39, 0.29) is 5.54 Å². The van der Waals surface area contributed by atoms with Crippen LogP contribution >= 0.6 is 0 Å². The second-order valence-electron chi connectivity index (χ2n) is 5.93. The number of rotatable bonds is 11. The van der Waals surface area contributed by atoms with Crippen molar-refractivity contribution in [2.75, 3.05) is 46.6 Å². The maximum atomic E-state index is 6.15. The molecule has 1 aliphatic carbocycles. The van der Waals surface area contributed by atoms with Gasteiger partial charge in [-0.1, -0.05) is 26.2 Å². The van der Waals surface area contributed by atoms with Crippen LogP contribution in [-0.4, -0.2) is 57.0 Å². The normalized spacial score (nSPS) is 18.6. The molecule has 0 bridgehead atoms. The number of ether oxygens (including phenoxy) is 2. The van der Waals surface area contributed by atoms with E-state index in [0.29, 0.717) is 13.2 Å². The van der Waals surface area contributed by atoms with Gasteiger partial charge in [0.15, 0.2) is 0 Å². The summed E-state index contributed by atoms with van der Waals surface area (Å²) in [5, 5.41) is 0. The maximum Gasteiger partial charge on any atom is 0.0700 e. The smallest absolute Gasteiger partial charge is 0.0700 e. The molecule has 0 atom stereocenters. The lowest BCUT2D eigenvalue weighted by molar-refractivity contribution is 0.0343. The third-order valence-corrected chi connectivity index (χ3v) is 4.48. The minimum Gasteiger partial charge on any atom is -0.382 e. The number of nitrogens with two attached hydrogens (primary N) is 1.